The number of aromatic nitrogens is 2. The molecule has 0 fully saturated rings. The Morgan fingerprint density at radius 3 is 3.00 bits per heavy atom. The van der Waals surface area contributed by atoms with Gasteiger partial charge in [-0.1, -0.05) is 18.2 Å². The van der Waals surface area contributed by atoms with Crippen molar-refractivity contribution in [3.8, 4) is 0 Å². The zero-order valence-corrected chi connectivity index (χ0v) is 11.0. The lowest BCUT2D eigenvalue weighted by atomic mass is 10.1. The standard InChI is InChI=1S/C15H15N3O2/c19-15(20)13-8-16-9-18-14(13)17-7-10-4-5-11-2-1-3-12(11)6-10/h4-6,8-9H,1-3,7H2,(H,19,20)(H,16,17,18). The van der Waals surface area contributed by atoms with E-state index in [9.17, 15) is 4.79 Å². The quantitative estimate of drug-likeness (QED) is 0.890. The van der Waals surface area contributed by atoms with E-state index in [1.54, 1.807) is 0 Å². The summed E-state index contributed by atoms with van der Waals surface area (Å²) in [7, 11) is 0. The highest BCUT2D eigenvalue weighted by atomic mass is 16.4. The Morgan fingerprint density at radius 1 is 1.30 bits per heavy atom. The van der Waals surface area contributed by atoms with Gasteiger partial charge in [0, 0.05) is 12.7 Å². The van der Waals surface area contributed by atoms with Crippen LogP contribution < -0.4 is 5.32 Å². The summed E-state index contributed by atoms with van der Waals surface area (Å²) in [6.45, 7) is 0.560. The van der Waals surface area contributed by atoms with Crippen LogP contribution in [0.2, 0.25) is 0 Å². The maximum atomic E-state index is 11.1. The van der Waals surface area contributed by atoms with Gasteiger partial charge in [0.15, 0.2) is 0 Å². The Labute approximate surface area is 116 Å². The maximum absolute atomic E-state index is 11.1. The molecule has 1 heterocycles. The summed E-state index contributed by atoms with van der Waals surface area (Å²) in [5, 5.41) is 12.1. The highest BCUT2D eigenvalue weighted by Crippen LogP contribution is 2.23. The van der Waals surface area contributed by atoms with Gasteiger partial charge in [-0.2, -0.15) is 0 Å². The molecule has 0 unspecified atom stereocenters. The lowest BCUT2D eigenvalue weighted by molar-refractivity contribution is 0.0697. The van der Waals surface area contributed by atoms with Crippen molar-refractivity contribution in [3.63, 3.8) is 0 Å². The molecule has 3 rings (SSSR count). The summed E-state index contributed by atoms with van der Waals surface area (Å²) < 4.78 is 0. The molecule has 2 N–H and O–H groups in total. The highest BCUT2D eigenvalue weighted by molar-refractivity contribution is 5.92. The molecule has 20 heavy (non-hydrogen) atoms. The molecule has 1 aliphatic rings. The SMILES string of the molecule is O=C(O)c1cncnc1NCc1ccc2c(c1)CCC2. The number of nitrogens with zero attached hydrogens (tertiary/aromatic N) is 2. The third-order valence-corrected chi connectivity index (χ3v) is 3.57. The van der Waals surface area contributed by atoms with E-state index >= 15 is 0 Å². The molecule has 2 aromatic rings. The maximum Gasteiger partial charge on any atom is 0.341 e. The fourth-order valence-corrected chi connectivity index (χ4v) is 2.55. The molecular weight excluding hydrogens is 254 g/mol. The number of carbonyl (C=O) groups is 1. The van der Waals surface area contributed by atoms with Crippen molar-refractivity contribution in [3.05, 3.63) is 53.0 Å². The number of hydrogen-bond acceptors (Lipinski definition) is 4. The number of carboxylic acid groups (broad SMARTS) is 1. The summed E-state index contributed by atoms with van der Waals surface area (Å²) in [6, 6.07) is 6.44. The number of nitrogens with one attached hydrogen (secondary N) is 1. The van der Waals surface area contributed by atoms with E-state index in [4.69, 9.17) is 5.11 Å². The van der Waals surface area contributed by atoms with Crippen molar-refractivity contribution in [1.82, 2.24) is 9.97 Å². The number of anilines is 1. The number of aryl methyl sites for hydroxylation is 2. The van der Waals surface area contributed by atoms with Crippen LogP contribution in [-0.4, -0.2) is 21.0 Å². The van der Waals surface area contributed by atoms with Crippen LogP contribution in [0.4, 0.5) is 5.82 Å². The zero-order chi connectivity index (χ0) is 13.9. The molecule has 0 saturated carbocycles. The van der Waals surface area contributed by atoms with Crippen LogP contribution in [0.3, 0.4) is 0 Å². The predicted molar refractivity (Wildman–Crippen MR) is 74.8 cm³/mol. The van der Waals surface area contributed by atoms with Gasteiger partial charge in [-0.05, 0) is 36.0 Å². The van der Waals surface area contributed by atoms with E-state index in [0.29, 0.717) is 12.4 Å². The van der Waals surface area contributed by atoms with E-state index in [2.05, 4.69) is 33.5 Å². The van der Waals surface area contributed by atoms with Crippen molar-refractivity contribution >= 4 is 11.8 Å². The van der Waals surface area contributed by atoms with E-state index in [1.807, 2.05) is 0 Å². The van der Waals surface area contributed by atoms with E-state index in [1.165, 1.54) is 30.1 Å². The average Bonchev–Trinajstić information content (AvgIpc) is 2.92. The lowest BCUT2D eigenvalue weighted by Gasteiger charge is -2.09. The van der Waals surface area contributed by atoms with E-state index in [0.717, 1.165) is 18.4 Å². The molecule has 0 amide bonds. The largest absolute Gasteiger partial charge is 0.477 e. The van der Waals surface area contributed by atoms with E-state index in [-0.39, 0.29) is 5.56 Å². The molecule has 102 valence electrons. The van der Waals surface area contributed by atoms with Gasteiger partial charge in [0.05, 0.1) is 0 Å². The topological polar surface area (TPSA) is 75.1 Å². The minimum atomic E-state index is -1.03. The Balaban J connectivity index is 1.75. The molecule has 0 spiro atoms. The van der Waals surface area contributed by atoms with Crippen LogP contribution in [0.5, 0.6) is 0 Å². The monoisotopic (exact) mass is 269 g/mol. The van der Waals surface area contributed by atoms with Gasteiger partial charge in [-0.15, -0.1) is 0 Å². The van der Waals surface area contributed by atoms with Crippen molar-refractivity contribution in [2.75, 3.05) is 5.32 Å². The fraction of sp³-hybridized carbons (Fsp3) is 0.267. The molecule has 1 aromatic heterocycles. The Bertz CT molecular complexity index is 655. The molecule has 1 aromatic carbocycles. The predicted octanol–water partition coefficient (Wildman–Crippen LogP) is 2.28. The van der Waals surface area contributed by atoms with Crippen molar-refractivity contribution in [2.45, 2.75) is 25.8 Å². The van der Waals surface area contributed by atoms with Gasteiger partial charge < -0.3 is 10.4 Å². The van der Waals surface area contributed by atoms with Gasteiger partial charge in [-0.25, -0.2) is 14.8 Å². The molecule has 0 atom stereocenters. The molecule has 5 heteroatoms. The van der Waals surface area contributed by atoms with Crippen LogP contribution >= 0.6 is 0 Å². The van der Waals surface area contributed by atoms with Gasteiger partial charge in [0.1, 0.15) is 17.7 Å². The molecule has 0 saturated heterocycles. The highest BCUT2D eigenvalue weighted by Gasteiger charge is 2.13. The number of hydrogen-bond donors (Lipinski definition) is 2. The first kappa shape index (κ1) is 12.6. The molecule has 0 radical (unpaired) electrons. The van der Waals surface area contributed by atoms with Crippen LogP contribution in [-0.2, 0) is 19.4 Å². The minimum absolute atomic E-state index is 0.0914. The second-order valence-electron chi connectivity index (χ2n) is 4.90. The van der Waals surface area contributed by atoms with Crippen LogP contribution in [0.15, 0.2) is 30.7 Å². The van der Waals surface area contributed by atoms with Crippen molar-refractivity contribution in [2.24, 2.45) is 0 Å². The molecule has 1 aliphatic carbocycles. The second-order valence-corrected chi connectivity index (χ2v) is 4.90. The summed E-state index contributed by atoms with van der Waals surface area (Å²) in [4.78, 5) is 18.8. The van der Waals surface area contributed by atoms with Crippen molar-refractivity contribution in [1.29, 1.82) is 0 Å². The van der Waals surface area contributed by atoms with Gasteiger partial charge in [0.2, 0.25) is 0 Å². The summed E-state index contributed by atoms with van der Waals surface area (Å²) >= 11 is 0. The number of aromatic carboxylic acids is 1. The Hall–Kier alpha value is -2.43. The number of fused-ring (bicyclic) bond motifs is 1. The Morgan fingerprint density at radius 2 is 2.15 bits per heavy atom. The average molecular weight is 269 g/mol. The molecule has 0 bridgehead atoms. The van der Waals surface area contributed by atoms with Crippen LogP contribution in [0.1, 0.15) is 33.5 Å². The minimum Gasteiger partial charge on any atom is -0.477 e. The first-order valence-corrected chi connectivity index (χ1v) is 6.62. The van der Waals surface area contributed by atoms with Crippen LogP contribution in [0.25, 0.3) is 0 Å². The summed E-state index contributed by atoms with van der Waals surface area (Å²) in [6.07, 6.45) is 6.17. The zero-order valence-electron chi connectivity index (χ0n) is 11.0. The first-order chi connectivity index (χ1) is 9.74. The van der Waals surface area contributed by atoms with Crippen molar-refractivity contribution < 1.29 is 9.90 Å². The fourth-order valence-electron chi connectivity index (χ4n) is 2.55. The number of rotatable bonds is 4. The van der Waals surface area contributed by atoms with Gasteiger partial charge in [-0.3, -0.25) is 0 Å². The lowest BCUT2D eigenvalue weighted by Crippen LogP contribution is -2.09. The summed E-state index contributed by atoms with van der Waals surface area (Å²) in [5.41, 5.74) is 4.07. The van der Waals surface area contributed by atoms with Crippen LogP contribution in [0, 0.1) is 0 Å². The third-order valence-electron chi connectivity index (χ3n) is 3.57. The van der Waals surface area contributed by atoms with Gasteiger partial charge in [0.25, 0.3) is 0 Å². The third kappa shape index (κ3) is 2.47. The molecular formula is C15H15N3O2. The number of benzene rings is 1. The van der Waals surface area contributed by atoms with E-state index < -0.39 is 5.97 Å². The second kappa shape index (κ2) is 5.28. The smallest absolute Gasteiger partial charge is 0.341 e. The molecule has 5 nitrogen and oxygen atoms in total. The summed E-state index contributed by atoms with van der Waals surface area (Å²) in [5.74, 6) is -0.671. The normalized spacial score (nSPS) is 13.0. The first-order valence-electron chi connectivity index (χ1n) is 6.62. The Kier molecular flexibility index (Phi) is 3.33. The number of carboxylic acids is 1. The molecule has 0 aliphatic heterocycles. The van der Waals surface area contributed by atoms with Gasteiger partial charge >= 0.3 is 5.97 Å².